The first-order chi connectivity index (χ1) is 8.02. The SMILES string of the molecule is C=CC(C)Oc1ccc(C)cc1CNC(C)C. The van der Waals surface area contributed by atoms with E-state index in [4.69, 9.17) is 4.74 Å². The molecule has 17 heavy (non-hydrogen) atoms. The Morgan fingerprint density at radius 1 is 1.35 bits per heavy atom. The van der Waals surface area contributed by atoms with Gasteiger partial charge < -0.3 is 10.1 Å². The fraction of sp³-hybridized carbons (Fsp3) is 0.467. The van der Waals surface area contributed by atoms with Gasteiger partial charge in [0.05, 0.1) is 0 Å². The number of nitrogens with one attached hydrogen (secondary N) is 1. The number of aryl methyl sites for hydroxylation is 1. The summed E-state index contributed by atoms with van der Waals surface area (Å²) in [5.41, 5.74) is 2.46. The van der Waals surface area contributed by atoms with E-state index in [0.29, 0.717) is 6.04 Å². The van der Waals surface area contributed by atoms with E-state index in [1.807, 2.05) is 13.0 Å². The van der Waals surface area contributed by atoms with E-state index in [-0.39, 0.29) is 6.10 Å². The van der Waals surface area contributed by atoms with Crippen molar-refractivity contribution < 1.29 is 4.74 Å². The molecule has 0 amide bonds. The first-order valence-corrected chi connectivity index (χ1v) is 6.15. The van der Waals surface area contributed by atoms with Crippen molar-refractivity contribution in [2.24, 2.45) is 0 Å². The zero-order valence-electron chi connectivity index (χ0n) is 11.3. The predicted molar refractivity (Wildman–Crippen MR) is 73.4 cm³/mol. The maximum Gasteiger partial charge on any atom is 0.124 e. The van der Waals surface area contributed by atoms with Gasteiger partial charge in [-0.2, -0.15) is 0 Å². The lowest BCUT2D eigenvalue weighted by atomic mass is 10.1. The van der Waals surface area contributed by atoms with E-state index < -0.39 is 0 Å². The third-order valence-electron chi connectivity index (χ3n) is 2.56. The molecule has 0 bridgehead atoms. The second-order valence-corrected chi connectivity index (χ2v) is 4.71. The second-order valence-electron chi connectivity index (χ2n) is 4.71. The standard InChI is InChI=1S/C15H23NO/c1-6-13(5)17-15-8-7-12(4)9-14(15)10-16-11(2)3/h6-9,11,13,16H,1,10H2,2-5H3. The Hall–Kier alpha value is -1.28. The van der Waals surface area contributed by atoms with Gasteiger partial charge >= 0.3 is 0 Å². The van der Waals surface area contributed by atoms with Crippen LogP contribution in [-0.4, -0.2) is 12.1 Å². The summed E-state index contributed by atoms with van der Waals surface area (Å²) in [5.74, 6) is 0.941. The minimum atomic E-state index is 0.0375. The quantitative estimate of drug-likeness (QED) is 0.760. The maximum atomic E-state index is 5.82. The summed E-state index contributed by atoms with van der Waals surface area (Å²) < 4.78 is 5.82. The zero-order valence-corrected chi connectivity index (χ0v) is 11.3. The molecule has 0 saturated carbocycles. The topological polar surface area (TPSA) is 21.3 Å². The van der Waals surface area contributed by atoms with Crippen molar-refractivity contribution in [3.8, 4) is 5.75 Å². The van der Waals surface area contributed by atoms with Gasteiger partial charge in [0.15, 0.2) is 0 Å². The highest BCUT2D eigenvalue weighted by atomic mass is 16.5. The van der Waals surface area contributed by atoms with Crippen LogP contribution in [0.15, 0.2) is 30.9 Å². The molecule has 0 heterocycles. The highest BCUT2D eigenvalue weighted by Gasteiger charge is 2.07. The second kappa shape index (κ2) is 6.45. The molecule has 1 aromatic carbocycles. The molecule has 1 N–H and O–H groups in total. The Morgan fingerprint density at radius 3 is 2.65 bits per heavy atom. The first-order valence-electron chi connectivity index (χ1n) is 6.15. The number of benzene rings is 1. The zero-order chi connectivity index (χ0) is 12.8. The lowest BCUT2D eigenvalue weighted by Gasteiger charge is -2.16. The third kappa shape index (κ3) is 4.61. The van der Waals surface area contributed by atoms with E-state index in [9.17, 15) is 0 Å². The lowest BCUT2D eigenvalue weighted by Crippen LogP contribution is -2.22. The highest BCUT2D eigenvalue weighted by molar-refractivity contribution is 5.37. The molecule has 0 aliphatic carbocycles. The molecule has 1 rings (SSSR count). The van der Waals surface area contributed by atoms with Gasteiger partial charge in [-0.05, 0) is 19.9 Å². The molecule has 2 heteroatoms. The molecule has 94 valence electrons. The van der Waals surface area contributed by atoms with Gasteiger partial charge in [-0.3, -0.25) is 0 Å². The van der Waals surface area contributed by atoms with E-state index in [2.05, 4.69) is 44.8 Å². The summed E-state index contributed by atoms with van der Waals surface area (Å²) in [6.45, 7) is 12.9. The van der Waals surface area contributed by atoms with Crippen LogP contribution in [0.25, 0.3) is 0 Å². The van der Waals surface area contributed by atoms with Crippen LogP contribution in [-0.2, 0) is 6.54 Å². The molecular weight excluding hydrogens is 210 g/mol. The molecule has 0 saturated heterocycles. The van der Waals surface area contributed by atoms with Crippen molar-refractivity contribution in [1.82, 2.24) is 5.32 Å². The van der Waals surface area contributed by atoms with Crippen LogP contribution in [0.5, 0.6) is 5.75 Å². The average Bonchev–Trinajstić information content (AvgIpc) is 2.29. The normalized spacial score (nSPS) is 12.5. The Bertz CT molecular complexity index is 371. The van der Waals surface area contributed by atoms with Crippen molar-refractivity contribution >= 4 is 0 Å². The number of hydrogen-bond acceptors (Lipinski definition) is 2. The van der Waals surface area contributed by atoms with E-state index >= 15 is 0 Å². The summed E-state index contributed by atoms with van der Waals surface area (Å²) in [4.78, 5) is 0. The molecule has 0 aromatic heterocycles. The van der Waals surface area contributed by atoms with Gasteiger partial charge in [0.2, 0.25) is 0 Å². The molecule has 2 nitrogen and oxygen atoms in total. The van der Waals surface area contributed by atoms with Gasteiger partial charge in [-0.15, -0.1) is 0 Å². The van der Waals surface area contributed by atoms with Crippen molar-refractivity contribution in [3.63, 3.8) is 0 Å². The summed E-state index contributed by atoms with van der Waals surface area (Å²) in [6, 6.07) is 6.75. The summed E-state index contributed by atoms with van der Waals surface area (Å²) in [6.07, 6.45) is 1.84. The van der Waals surface area contributed by atoms with Crippen LogP contribution >= 0.6 is 0 Å². The Balaban J connectivity index is 2.83. The van der Waals surface area contributed by atoms with E-state index in [1.54, 1.807) is 6.08 Å². The predicted octanol–water partition coefficient (Wildman–Crippen LogP) is 3.45. The van der Waals surface area contributed by atoms with Crippen LogP contribution in [0.2, 0.25) is 0 Å². The minimum absolute atomic E-state index is 0.0375. The molecule has 0 spiro atoms. The number of hydrogen-bond donors (Lipinski definition) is 1. The highest BCUT2D eigenvalue weighted by Crippen LogP contribution is 2.21. The molecule has 0 aliphatic heterocycles. The van der Waals surface area contributed by atoms with Crippen LogP contribution in [0.3, 0.4) is 0 Å². The van der Waals surface area contributed by atoms with Crippen molar-refractivity contribution in [3.05, 3.63) is 42.0 Å². The maximum absolute atomic E-state index is 5.82. The van der Waals surface area contributed by atoms with Crippen LogP contribution in [0, 0.1) is 6.92 Å². The van der Waals surface area contributed by atoms with Crippen molar-refractivity contribution in [2.45, 2.75) is 46.4 Å². The number of rotatable bonds is 6. The Kier molecular flexibility index (Phi) is 5.23. The van der Waals surface area contributed by atoms with Gasteiger partial charge in [0.1, 0.15) is 11.9 Å². The van der Waals surface area contributed by atoms with Crippen LogP contribution < -0.4 is 10.1 Å². The lowest BCUT2D eigenvalue weighted by molar-refractivity contribution is 0.266. The summed E-state index contributed by atoms with van der Waals surface area (Å²) in [7, 11) is 0. The smallest absolute Gasteiger partial charge is 0.124 e. The molecular formula is C15H23NO. The summed E-state index contributed by atoms with van der Waals surface area (Å²) in [5, 5.41) is 3.41. The average molecular weight is 233 g/mol. The van der Waals surface area contributed by atoms with Crippen LogP contribution in [0.4, 0.5) is 0 Å². The first kappa shape index (κ1) is 13.8. The fourth-order valence-electron chi connectivity index (χ4n) is 1.52. The van der Waals surface area contributed by atoms with E-state index in [1.165, 1.54) is 11.1 Å². The Labute approximate surface area is 105 Å². The molecule has 0 radical (unpaired) electrons. The monoisotopic (exact) mass is 233 g/mol. The molecule has 1 unspecified atom stereocenters. The van der Waals surface area contributed by atoms with Gasteiger partial charge in [-0.1, -0.05) is 44.2 Å². The molecule has 1 aromatic rings. The minimum Gasteiger partial charge on any atom is -0.486 e. The van der Waals surface area contributed by atoms with Gasteiger partial charge in [0.25, 0.3) is 0 Å². The molecule has 0 fully saturated rings. The fourth-order valence-corrected chi connectivity index (χ4v) is 1.52. The molecule has 0 aliphatic rings. The van der Waals surface area contributed by atoms with Crippen LogP contribution in [0.1, 0.15) is 31.9 Å². The largest absolute Gasteiger partial charge is 0.486 e. The summed E-state index contributed by atoms with van der Waals surface area (Å²) >= 11 is 0. The van der Waals surface area contributed by atoms with E-state index in [0.717, 1.165) is 12.3 Å². The van der Waals surface area contributed by atoms with Crippen molar-refractivity contribution in [1.29, 1.82) is 0 Å². The third-order valence-corrected chi connectivity index (χ3v) is 2.56. The van der Waals surface area contributed by atoms with Gasteiger partial charge in [0, 0.05) is 18.2 Å². The number of ether oxygens (including phenoxy) is 1. The molecule has 1 atom stereocenters. The Morgan fingerprint density at radius 2 is 2.06 bits per heavy atom. The van der Waals surface area contributed by atoms with Crippen molar-refractivity contribution in [2.75, 3.05) is 0 Å². The van der Waals surface area contributed by atoms with Gasteiger partial charge in [-0.25, -0.2) is 0 Å².